The van der Waals surface area contributed by atoms with E-state index in [-0.39, 0.29) is 16.6 Å². The Kier molecular flexibility index (Phi) is 4.99. The van der Waals surface area contributed by atoms with E-state index in [2.05, 4.69) is 5.32 Å². The summed E-state index contributed by atoms with van der Waals surface area (Å²) in [6.45, 7) is 7.26. The van der Waals surface area contributed by atoms with Gasteiger partial charge in [0.2, 0.25) is 5.91 Å². The van der Waals surface area contributed by atoms with Crippen molar-refractivity contribution in [2.45, 2.75) is 32.6 Å². The van der Waals surface area contributed by atoms with E-state index >= 15 is 0 Å². The number of carbonyl (C=O) groups is 1. The van der Waals surface area contributed by atoms with Crippen molar-refractivity contribution in [1.82, 2.24) is 0 Å². The van der Waals surface area contributed by atoms with Crippen LogP contribution in [0.3, 0.4) is 0 Å². The SMILES string of the molecule is Cc1ccc(S(=O)(=O)Oc2cccc(NC(=O)C(C)(C)C)c2)cc1. The Bertz CT molecular complexity index is 834. The van der Waals surface area contributed by atoms with Crippen molar-refractivity contribution in [2.75, 3.05) is 5.32 Å². The molecule has 0 saturated heterocycles. The predicted octanol–water partition coefficient (Wildman–Crippen LogP) is 3.75. The van der Waals surface area contributed by atoms with Crippen LogP contribution in [0.4, 0.5) is 5.69 Å². The molecule has 0 unspecified atom stereocenters. The smallest absolute Gasteiger partial charge is 0.339 e. The molecule has 0 atom stereocenters. The minimum Gasteiger partial charge on any atom is -0.379 e. The van der Waals surface area contributed by atoms with E-state index in [1.165, 1.54) is 24.3 Å². The summed E-state index contributed by atoms with van der Waals surface area (Å²) in [6, 6.07) is 12.7. The largest absolute Gasteiger partial charge is 0.379 e. The molecule has 0 aliphatic rings. The third kappa shape index (κ3) is 4.58. The Morgan fingerprint density at radius 2 is 1.67 bits per heavy atom. The van der Waals surface area contributed by atoms with Crippen LogP contribution < -0.4 is 9.50 Å². The van der Waals surface area contributed by atoms with Crippen molar-refractivity contribution in [1.29, 1.82) is 0 Å². The molecule has 1 N–H and O–H groups in total. The molecule has 1 amide bonds. The summed E-state index contributed by atoms with van der Waals surface area (Å²) >= 11 is 0. The molecular formula is C18H21NO4S. The predicted molar refractivity (Wildman–Crippen MR) is 93.5 cm³/mol. The Hall–Kier alpha value is -2.34. The van der Waals surface area contributed by atoms with Gasteiger partial charge in [0.05, 0.1) is 0 Å². The number of hydrogen-bond donors (Lipinski definition) is 1. The number of nitrogens with one attached hydrogen (secondary N) is 1. The second-order valence-corrected chi connectivity index (χ2v) is 8.13. The maximum absolute atomic E-state index is 12.3. The lowest BCUT2D eigenvalue weighted by atomic mass is 9.95. The van der Waals surface area contributed by atoms with E-state index in [0.29, 0.717) is 5.69 Å². The highest BCUT2D eigenvalue weighted by Gasteiger charge is 2.22. The zero-order valence-corrected chi connectivity index (χ0v) is 15.0. The lowest BCUT2D eigenvalue weighted by molar-refractivity contribution is -0.123. The molecule has 0 aliphatic heterocycles. The molecule has 0 saturated carbocycles. The normalized spacial score (nSPS) is 11.8. The first-order chi connectivity index (χ1) is 11.1. The van der Waals surface area contributed by atoms with E-state index < -0.39 is 15.5 Å². The van der Waals surface area contributed by atoms with Gasteiger partial charge < -0.3 is 9.50 Å². The maximum atomic E-state index is 12.3. The Morgan fingerprint density at radius 1 is 1.04 bits per heavy atom. The highest BCUT2D eigenvalue weighted by molar-refractivity contribution is 7.87. The lowest BCUT2D eigenvalue weighted by Crippen LogP contribution is -2.27. The second-order valence-electron chi connectivity index (χ2n) is 6.58. The van der Waals surface area contributed by atoms with E-state index in [4.69, 9.17) is 4.18 Å². The zero-order chi connectivity index (χ0) is 18.0. The third-order valence-electron chi connectivity index (χ3n) is 3.29. The summed E-state index contributed by atoms with van der Waals surface area (Å²) in [5.74, 6) is -0.0247. The van der Waals surface area contributed by atoms with Gasteiger partial charge in [-0.2, -0.15) is 8.42 Å². The van der Waals surface area contributed by atoms with Crippen molar-refractivity contribution in [3.63, 3.8) is 0 Å². The fraction of sp³-hybridized carbons (Fsp3) is 0.278. The van der Waals surface area contributed by atoms with Gasteiger partial charge in [0.1, 0.15) is 10.6 Å². The molecule has 0 heterocycles. The molecule has 0 radical (unpaired) electrons. The molecule has 2 aromatic carbocycles. The van der Waals surface area contributed by atoms with Crippen LogP contribution in [-0.4, -0.2) is 14.3 Å². The van der Waals surface area contributed by atoms with Crippen LogP contribution in [0.25, 0.3) is 0 Å². The maximum Gasteiger partial charge on any atom is 0.339 e. The molecule has 0 spiro atoms. The molecule has 2 aromatic rings. The van der Waals surface area contributed by atoms with Gasteiger partial charge in [0.25, 0.3) is 0 Å². The Labute approximate surface area is 142 Å². The number of anilines is 1. The van der Waals surface area contributed by atoms with Gasteiger partial charge in [-0.15, -0.1) is 0 Å². The van der Waals surface area contributed by atoms with Crippen LogP contribution in [-0.2, 0) is 14.9 Å². The summed E-state index contributed by atoms with van der Waals surface area (Å²) in [5.41, 5.74) is 0.887. The molecule has 2 rings (SSSR count). The van der Waals surface area contributed by atoms with Gasteiger partial charge in [-0.25, -0.2) is 0 Å². The Balaban J connectivity index is 2.20. The van der Waals surface area contributed by atoms with Crippen molar-refractivity contribution in [3.8, 4) is 5.75 Å². The monoisotopic (exact) mass is 347 g/mol. The first-order valence-corrected chi connectivity index (χ1v) is 8.91. The van der Waals surface area contributed by atoms with Gasteiger partial charge >= 0.3 is 10.1 Å². The van der Waals surface area contributed by atoms with Crippen molar-refractivity contribution in [3.05, 3.63) is 54.1 Å². The number of carbonyl (C=O) groups excluding carboxylic acids is 1. The molecule has 0 aromatic heterocycles. The zero-order valence-electron chi connectivity index (χ0n) is 14.2. The summed E-state index contributed by atoms with van der Waals surface area (Å²) < 4.78 is 29.7. The van der Waals surface area contributed by atoms with Gasteiger partial charge in [-0.1, -0.05) is 44.5 Å². The quantitative estimate of drug-likeness (QED) is 0.855. The molecule has 0 bridgehead atoms. The molecule has 0 fully saturated rings. The van der Waals surface area contributed by atoms with E-state index in [1.54, 1.807) is 45.0 Å². The van der Waals surface area contributed by atoms with Crippen molar-refractivity contribution >= 4 is 21.7 Å². The number of aryl methyl sites for hydroxylation is 1. The standard InChI is InChI=1S/C18H21NO4S/c1-13-8-10-16(11-9-13)24(21,22)23-15-7-5-6-14(12-15)19-17(20)18(2,3)4/h5-12H,1-4H3,(H,19,20). The number of benzene rings is 2. The first-order valence-electron chi connectivity index (χ1n) is 7.51. The van der Waals surface area contributed by atoms with Gasteiger partial charge in [-0.3, -0.25) is 4.79 Å². The second kappa shape index (κ2) is 6.65. The number of rotatable bonds is 4. The fourth-order valence-electron chi connectivity index (χ4n) is 1.82. The van der Waals surface area contributed by atoms with Gasteiger partial charge in [-0.05, 0) is 31.2 Å². The van der Waals surface area contributed by atoms with Gasteiger partial charge in [0, 0.05) is 17.2 Å². The van der Waals surface area contributed by atoms with E-state index in [9.17, 15) is 13.2 Å². The van der Waals surface area contributed by atoms with Crippen LogP contribution >= 0.6 is 0 Å². The van der Waals surface area contributed by atoms with Crippen LogP contribution in [0, 0.1) is 12.3 Å². The summed E-state index contributed by atoms with van der Waals surface area (Å²) in [6.07, 6.45) is 0. The van der Waals surface area contributed by atoms with Crippen LogP contribution in [0.2, 0.25) is 0 Å². The molecule has 24 heavy (non-hydrogen) atoms. The topological polar surface area (TPSA) is 72.5 Å². The average Bonchev–Trinajstić information content (AvgIpc) is 2.46. The van der Waals surface area contributed by atoms with E-state index in [0.717, 1.165) is 5.56 Å². The minimum absolute atomic E-state index is 0.0808. The summed E-state index contributed by atoms with van der Waals surface area (Å²) in [7, 11) is -3.92. The van der Waals surface area contributed by atoms with Crippen LogP contribution in [0.1, 0.15) is 26.3 Å². The molecule has 6 heteroatoms. The summed E-state index contributed by atoms with van der Waals surface area (Å²) in [4.78, 5) is 12.1. The van der Waals surface area contributed by atoms with Crippen molar-refractivity contribution < 1.29 is 17.4 Å². The highest BCUT2D eigenvalue weighted by atomic mass is 32.2. The van der Waals surface area contributed by atoms with Crippen LogP contribution in [0.5, 0.6) is 5.75 Å². The van der Waals surface area contributed by atoms with Crippen LogP contribution in [0.15, 0.2) is 53.4 Å². The number of amides is 1. The van der Waals surface area contributed by atoms with Crippen molar-refractivity contribution in [2.24, 2.45) is 5.41 Å². The molecular weight excluding hydrogens is 326 g/mol. The molecule has 128 valence electrons. The fourth-order valence-corrected chi connectivity index (χ4v) is 2.75. The summed E-state index contributed by atoms with van der Waals surface area (Å²) in [5, 5.41) is 2.74. The lowest BCUT2D eigenvalue weighted by Gasteiger charge is -2.18. The molecule has 5 nitrogen and oxygen atoms in total. The van der Waals surface area contributed by atoms with Gasteiger partial charge in [0.15, 0.2) is 0 Å². The number of hydrogen-bond acceptors (Lipinski definition) is 4. The van der Waals surface area contributed by atoms with E-state index in [1.807, 2.05) is 6.92 Å². The highest BCUT2D eigenvalue weighted by Crippen LogP contribution is 2.24. The Morgan fingerprint density at radius 3 is 2.25 bits per heavy atom. The minimum atomic E-state index is -3.92. The third-order valence-corrected chi connectivity index (χ3v) is 4.55. The molecule has 0 aliphatic carbocycles. The average molecular weight is 347 g/mol. The first kappa shape index (κ1) is 18.0.